The molecule has 1 saturated heterocycles. The van der Waals surface area contributed by atoms with Gasteiger partial charge in [0.2, 0.25) is 10.0 Å². The highest BCUT2D eigenvalue weighted by molar-refractivity contribution is 7.89. The van der Waals surface area contributed by atoms with Crippen molar-refractivity contribution in [1.82, 2.24) is 4.31 Å². The van der Waals surface area contributed by atoms with Crippen LogP contribution in [0, 0.1) is 28.6 Å². The zero-order valence-electron chi connectivity index (χ0n) is 12.7. The van der Waals surface area contributed by atoms with Crippen LogP contribution in [-0.2, 0) is 14.8 Å². The van der Waals surface area contributed by atoms with Gasteiger partial charge in [-0.2, -0.15) is 0 Å². The molecular formula is C15H23NO3S. The van der Waals surface area contributed by atoms with Gasteiger partial charge in [-0.1, -0.05) is 33.6 Å². The van der Waals surface area contributed by atoms with Gasteiger partial charge < -0.3 is 0 Å². The van der Waals surface area contributed by atoms with Crippen LogP contribution in [0.1, 0.15) is 47.0 Å². The fourth-order valence-corrected chi connectivity index (χ4v) is 5.66. The molecule has 2 fully saturated rings. The molecule has 4 nitrogen and oxygen atoms in total. The summed E-state index contributed by atoms with van der Waals surface area (Å²) in [7, 11) is -3.57. The molecule has 0 spiro atoms. The lowest BCUT2D eigenvalue weighted by Gasteiger charge is -2.38. The van der Waals surface area contributed by atoms with Crippen molar-refractivity contribution in [2.75, 3.05) is 12.3 Å². The number of hydrogen-bond acceptors (Lipinski definition) is 3. The SMILES string of the molecule is CCC#CC(=O)N1CC2CC[C@@](C)(CS1(=O)=O)C2(C)C. The van der Waals surface area contributed by atoms with Crippen LogP contribution in [0.25, 0.3) is 0 Å². The first kappa shape index (κ1) is 15.4. The highest BCUT2D eigenvalue weighted by Crippen LogP contribution is 2.58. The third-order valence-electron chi connectivity index (χ3n) is 5.44. The van der Waals surface area contributed by atoms with Gasteiger partial charge in [0.1, 0.15) is 0 Å². The second-order valence-corrected chi connectivity index (χ2v) is 8.66. The third-order valence-corrected chi connectivity index (χ3v) is 7.43. The smallest absolute Gasteiger partial charge is 0.258 e. The fraction of sp³-hybridized carbons (Fsp3) is 0.800. The number of sulfonamides is 1. The van der Waals surface area contributed by atoms with E-state index in [9.17, 15) is 13.2 Å². The van der Waals surface area contributed by atoms with E-state index >= 15 is 0 Å². The highest BCUT2D eigenvalue weighted by atomic mass is 32.2. The standard InChI is InChI=1S/C15H23NO3S/c1-5-6-7-13(17)16-10-12-8-9-15(4,14(12,2)3)11-20(16,18)19/h12H,5,8-11H2,1-4H3/t12?,15-/m0/s1. The Bertz CT molecular complexity index is 582. The lowest BCUT2D eigenvalue weighted by Crippen LogP contribution is -2.41. The summed E-state index contributed by atoms with van der Waals surface area (Å²) in [6, 6.07) is 0. The minimum absolute atomic E-state index is 0.0447. The molecule has 1 amide bonds. The van der Waals surface area contributed by atoms with E-state index in [2.05, 4.69) is 25.7 Å². The van der Waals surface area contributed by atoms with Gasteiger partial charge in [0.05, 0.1) is 5.75 Å². The predicted molar refractivity (Wildman–Crippen MR) is 78.2 cm³/mol. The average molecular weight is 297 g/mol. The van der Waals surface area contributed by atoms with Crippen LogP contribution in [0.4, 0.5) is 0 Å². The lowest BCUT2D eigenvalue weighted by molar-refractivity contribution is -0.121. The zero-order valence-corrected chi connectivity index (χ0v) is 13.5. The van der Waals surface area contributed by atoms with E-state index < -0.39 is 15.9 Å². The van der Waals surface area contributed by atoms with Crippen LogP contribution in [0.15, 0.2) is 0 Å². The molecule has 0 aromatic heterocycles. The first-order valence-electron chi connectivity index (χ1n) is 7.17. The van der Waals surface area contributed by atoms with Crippen molar-refractivity contribution in [3.8, 4) is 11.8 Å². The van der Waals surface area contributed by atoms with E-state index in [1.165, 1.54) is 0 Å². The van der Waals surface area contributed by atoms with Crippen molar-refractivity contribution in [1.29, 1.82) is 0 Å². The summed E-state index contributed by atoms with van der Waals surface area (Å²) in [5, 5.41) is 0. The van der Waals surface area contributed by atoms with E-state index in [1.54, 1.807) is 0 Å². The zero-order chi connectivity index (χ0) is 15.2. The second kappa shape index (κ2) is 4.77. The molecule has 2 rings (SSSR count). The Morgan fingerprint density at radius 1 is 1.35 bits per heavy atom. The van der Waals surface area contributed by atoms with Gasteiger partial charge in [-0.25, -0.2) is 12.7 Å². The van der Waals surface area contributed by atoms with Gasteiger partial charge >= 0.3 is 5.91 Å². The maximum atomic E-state index is 12.5. The third kappa shape index (κ3) is 2.24. The minimum atomic E-state index is -3.57. The van der Waals surface area contributed by atoms with Crippen molar-refractivity contribution >= 4 is 15.9 Å². The first-order valence-corrected chi connectivity index (χ1v) is 8.78. The average Bonchev–Trinajstić information content (AvgIpc) is 2.50. The van der Waals surface area contributed by atoms with E-state index in [0.717, 1.165) is 17.1 Å². The van der Waals surface area contributed by atoms with Gasteiger partial charge in [-0.05, 0) is 35.5 Å². The molecule has 1 unspecified atom stereocenters. The van der Waals surface area contributed by atoms with Crippen LogP contribution in [0.2, 0.25) is 0 Å². The minimum Gasteiger partial charge on any atom is -0.258 e. The number of amides is 1. The Balaban J connectivity index is 2.41. The summed E-state index contributed by atoms with van der Waals surface area (Å²) < 4.78 is 26.1. The Morgan fingerprint density at radius 3 is 2.60 bits per heavy atom. The van der Waals surface area contributed by atoms with Crippen molar-refractivity contribution in [2.24, 2.45) is 16.7 Å². The molecule has 2 aliphatic rings. The lowest BCUT2D eigenvalue weighted by atomic mass is 9.67. The van der Waals surface area contributed by atoms with Gasteiger partial charge in [0.25, 0.3) is 0 Å². The number of fused-ring (bicyclic) bond motifs is 2. The predicted octanol–water partition coefficient (Wildman–Crippen LogP) is 2.01. The highest BCUT2D eigenvalue weighted by Gasteiger charge is 2.57. The monoisotopic (exact) mass is 297 g/mol. The number of rotatable bonds is 0. The van der Waals surface area contributed by atoms with E-state index in [1.807, 2.05) is 13.8 Å². The van der Waals surface area contributed by atoms with Crippen LogP contribution >= 0.6 is 0 Å². The molecule has 112 valence electrons. The van der Waals surface area contributed by atoms with E-state index in [0.29, 0.717) is 6.42 Å². The summed E-state index contributed by atoms with van der Waals surface area (Å²) in [6.45, 7) is 8.42. The number of nitrogens with zero attached hydrogens (tertiary/aromatic N) is 1. The van der Waals surface area contributed by atoms with Crippen molar-refractivity contribution < 1.29 is 13.2 Å². The van der Waals surface area contributed by atoms with Gasteiger partial charge in [-0.15, -0.1) is 0 Å². The molecule has 2 bridgehead atoms. The molecule has 0 N–H and O–H groups in total. The maximum absolute atomic E-state index is 12.5. The molecule has 1 aliphatic carbocycles. The summed E-state index contributed by atoms with van der Waals surface area (Å²) >= 11 is 0. The molecule has 0 radical (unpaired) electrons. The van der Waals surface area contributed by atoms with E-state index in [-0.39, 0.29) is 29.0 Å². The van der Waals surface area contributed by atoms with Crippen LogP contribution < -0.4 is 0 Å². The number of carbonyl (C=O) groups is 1. The molecule has 1 saturated carbocycles. The Hall–Kier alpha value is -1.02. The molecule has 1 heterocycles. The van der Waals surface area contributed by atoms with Crippen molar-refractivity contribution in [2.45, 2.75) is 47.0 Å². The topological polar surface area (TPSA) is 54.5 Å². The van der Waals surface area contributed by atoms with Crippen molar-refractivity contribution in [3.63, 3.8) is 0 Å². The normalized spacial score (nSPS) is 34.0. The molecule has 0 aromatic rings. The first-order chi connectivity index (χ1) is 9.14. The Labute approximate surface area is 122 Å². The van der Waals surface area contributed by atoms with Crippen LogP contribution in [0.3, 0.4) is 0 Å². The second-order valence-electron chi connectivity index (χ2n) is 6.77. The molecule has 2 atom stereocenters. The number of carbonyl (C=O) groups excluding carboxylic acids is 1. The van der Waals surface area contributed by atoms with E-state index in [4.69, 9.17) is 0 Å². The summed E-state index contributed by atoms with van der Waals surface area (Å²) in [6.07, 6.45) is 2.43. The molecule has 0 aromatic carbocycles. The van der Waals surface area contributed by atoms with Gasteiger partial charge in [-0.3, -0.25) is 4.79 Å². The molecule has 1 aliphatic heterocycles. The van der Waals surface area contributed by atoms with Gasteiger partial charge in [0, 0.05) is 13.0 Å². The molecule has 20 heavy (non-hydrogen) atoms. The molecular weight excluding hydrogens is 274 g/mol. The summed E-state index contributed by atoms with van der Waals surface area (Å²) in [5.74, 6) is 4.81. The quantitative estimate of drug-likeness (QED) is 0.643. The largest absolute Gasteiger partial charge is 0.311 e. The maximum Gasteiger partial charge on any atom is 0.311 e. The van der Waals surface area contributed by atoms with Crippen LogP contribution in [-0.4, -0.2) is 30.9 Å². The van der Waals surface area contributed by atoms with Crippen molar-refractivity contribution in [3.05, 3.63) is 0 Å². The molecule has 5 heteroatoms. The summed E-state index contributed by atoms with van der Waals surface area (Å²) in [4.78, 5) is 12.1. The van der Waals surface area contributed by atoms with Gasteiger partial charge in [0.15, 0.2) is 0 Å². The summed E-state index contributed by atoms with van der Waals surface area (Å²) in [5.41, 5.74) is -0.336. The van der Waals surface area contributed by atoms with Crippen LogP contribution in [0.5, 0.6) is 0 Å². The Morgan fingerprint density at radius 2 is 2.00 bits per heavy atom. The number of hydrogen-bond donors (Lipinski definition) is 0. The fourth-order valence-electron chi connectivity index (χ4n) is 3.48. The Kier molecular flexibility index (Phi) is 3.66.